The minimum absolute atomic E-state index is 0.0293. The van der Waals surface area contributed by atoms with Crippen LogP contribution in [0.25, 0.3) is 6.08 Å². The van der Waals surface area contributed by atoms with Gasteiger partial charge in [-0.2, -0.15) is 5.10 Å². The number of thioether (sulfide) groups is 1. The predicted molar refractivity (Wildman–Crippen MR) is 103 cm³/mol. The Morgan fingerprint density at radius 1 is 1.15 bits per heavy atom. The molecule has 0 atom stereocenters. The Kier molecular flexibility index (Phi) is 5.45. The average molecular weight is 387 g/mol. The van der Waals surface area contributed by atoms with Crippen molar-refractivity contribution in [3.8, 4) is 0 Å². The Bertz CT molecular complexity index is 955. The maximum absolute atomic E-state index is 12.0. The maximum atomic E-state index is 12.0. The van der Waals surface area contributed by atoms with E-state index >= 15 is 0 Å². The zero-order valence-electron chi connectivity index (χ0n) is 13.1. The summed E-state index contributed by atoms with van der Waals surface area (Å²) >= 11 is 6.99. The molecule has 1 heterocycles. The highest BCUT2D eigenvalue weighted by Gasteiger charge is 2.23. The number of hydrogen-bond acceptors (Lipinski definition) is 6. The standard InChI is InChI=1S/C17H11ClN4O3S/c18-13-6-4-11(5-7-13)9-15-16(23)20-17(26-15)21-19-10-12-2-1-3-14(8-12)22(24)25/h1-10H,(H,20,21,23). The van der Waals surface area contributed by atoms with E-state index in [0.717, 1.165) is 17.3 Å². The Hall–Kier alpha value is -2.97. The maximum Gasteiger partial charge on any atom is 0.270 e. The van der Waals surface area contributed by atoms with Crippen LogP contribution in [0, 0.1) is 10.1 Å². The molecule has 2 aromatic rings. The van der Waals surface area contributed by atoms with Crippen molar-refractivity contribution in [1.82, 2.24) is 5.32 Å². The number of carbonyl (C=O) groups is 1. The lowest BCUT2D eigenvalue weighted by Crippen LogP contribution is -2.19. The van der Waals surface area contributed by atoms with Gasteiger partial charge in [-0.25, -0.2) is 0 Å². The molecule has 1 aliphatic heterocycles. The average Bonchev–Trinajstić information content (AvgIpc) is 2.97. The zero-order chi connectivity index (χ0) is 18.5. The number of amidine groups is 1. The summed E-state index contributed by atoms with van der Waals surface area (Å²) in [6.07, 6.45) is 3.11. The molecule has 1 amide bonds. The van der Waals surface area contributed by atoms with Crippen LogP contribution in [-0.2, 0) is 4.79 Å². The number of benzene rings is 2. The van der Waals surface area contributed by atoms with E-state index in [0.29, 0.717) is 20.7 Å². The van der Waals surface area contributed by atoms with Crippen molar-refractivity contribution in [3.63, 3.8) is 0 Å². The second-order valence-electron chi connectivity index (χ2n) is 5.12. The summed E-state index contributed by atoms with van der Waals surface area (Å²) in [6.45, 7) is 0. The lowest BCUT2D eigenvalue weighted by atomic mass is 10.2. The van der Waals surface area contributed by atoms with Gasteiger partial charge in [0.2, 0.25) is 0 Å². The fourth-order valence-corrected chi connectivity index (χ4v) is 2.96. The molecule has 0 unspecified atom stereocenters. The van der Waals surface area contributed by atoms with Crippen molar-refractivity contribution in [1.29, 1.82) is 0 Å². The number of hydrogen-bond donors (Lipinski definition) is 1. The van der Waals surface area contributed by atoms with Crippen molar-refractivity contribution in [2.75, 3.05) is 0 Å². The van der Waals surface area contributed by atoms with E-state index in [1.165, 1.54) is 18.3 Å². The topological polar surface area (TPSA) is 97.0 Å². The highest BCUT2D eigenvalue weighted by Crippen LogP contribution is 2.26. The van der Waals surface area contributed by atoms with Crippen molar-refractivity contribution in [2.24, 2.45) is 10.2 Å². The summed E-state index contributed by atoms with van der Waals surface area (Å²) in [4.78, 5) is 22.7. The van der Waals surface area contributed by atoms with E-state index < -0.39 is 4.92 Å². The van der Waals surface area contributed by atoms with Crippen molar-refractivity contribution in [3.05, 3.63) is 79.7 Å². The van der Waals surface area contributed by atoms with Crippen LogP contribution >= 0.6 is 23.4 Å². The normalized spacial score (nSPS) is 17.2. The first kappa shape index (κ1) is 17.8. The van der Waals surface area contributed by atoms with E-state index in [1.54, 1.807) is 42.5 Å². The molecule has 0 radical (unpaired) electrons. The van der Waals surface area contributed by atoms with Crippen LogP contribution in [0.5, 0.6) is 0 Å². The third-order valence-electron chi connectivity index (χ3n) is 3.26. The number of nitrogens with one attached hydrogen (secondary N) is 1. The van der Waals surface area contributed by atoms with E-state index in [9.17, 15) is 14.9 Å². The largest absolute Gasteiger partial charge is 0.299 e. The van der Waals surface area contributed by atoms with Gasteiger partial charge in [-0.1, -0.05) is 35.9 Å². The first-order chi connectivity index (χ1) is 12.5. The number of nitro groups is 1. The van der Waals surface area contributed by atoms with E-state index in [1.807, 2.05) is 0 Å². The Morgan fingerprint density at radius 2 is 1.92 bits per heavy atom. The van der Waals surface area contributed by atoms with Gasteiger partial charge in [0.1, 0.15) is 0 Å². The fraction of sp³-hybridized carbons (Fsp3) is 0. The SMILES string of the molecule is O=C1N/C(=N\N=Cc2cccc([N+](=O)[O-])c2)SC1=Cc1ccc(Cl)cc1. The third-order valence-corrected chi connectivity index (χ3v) is 4.41. The van der Waals surface area contributed by atoms with Crippen molar-refractivity contribution in [2.45, 2.75) is 0 Å². The predicted octanol–water partition coefficient (Wildman–Crippen LogP) is 3.84. The molecule has 26 heavy (non-hydrogen) atoms. The molecule has 0 aromatic heterocycles. The Balaban J connectivity index is 1.71. The van der Waals surface area contributed by atoms with Gasteiger partial charge in [0.15, 0.2) is 5.17 Å². The van der Waals surface area contributed by atoms with Gasteiger partial charge >= 0.3 is 0 Å². The smallest absolute Gasteiger partial charge is 0.270 e. The molecule has 0 bridgehead atoms. The number of halogens is 1. The van der Waals surface area contributed by atoms with Crippen LogP contribution in [-0.4, -0.2) is 22.2 Å². The fourth-order valence-electron chi connectivity index (χ4n) is 2.05. The Labute approximate surface area is 157 Å². The van der Waals surface area contributed by atoms with E-state index in [-0.39, 0.29) is 11.6 Å². The van der Waals surface area contributed by atoms with Crippen LogP contribution in [0.1, 0.15) is 11.1 Å². The van der Waals surface area contributed by atoms with Gasteiger partial charge in [-0.3, -0.25) is 20.2 Å². The molecule has 0 saturated carbocycles. The van der Waals surface area contributed by atoms with Gasteiger partial charge in [0.25, 0.3) is 11.6 Å². The van der Waals surface area contributed by atoms with Gasteiger partial charge in [-0.15, -0.1) is 5.10 Å². The number of non-ortho nitro benzene ring substituents is 1. The second-order valence-corrected chi connectivity index (χ2v) is 6.59. The summed E-state index contributed by atoms with van der Waals surface area (Å²) in [7, 11) is 0. The molecular formula is C17H11ClN4O3S. The summed E-state index contributed by atoms with van der Waals surface area (Å²) in [5, 5.41) is 22.1. The van der Waals surface area contributed by atoms with Crippen molar-refractivity contribution >= 4 is 52.4 Å². The van der Waals surface area contributed by atoms with Crippen molar-refractivity contribution < 1.29 is 9.72 Å². The molecule has 1 fully saturated rings. The molecule has 130 valence electrons. The summed E-state index contributed by atoms with van der Waals surface area (Å²) in [5.41, 5.74) is 1.35. The minimum Gasteiger partial charge on any atom is -0.299 e. The molecule has 1 saturated heterocycles. The Morgan fingerprint density at radius 3 is 2.65 bits per heavy atom. The molecule has 3 rings (SSSR count). The minimum atomic E-state index is -0.482. The molecule has 0 spiro atoms. The molecule has 9 heteroatoms. The summed E-state index contributed by atoms with van der Waals surface area (Å²) in [5.74, 6) is -0.269. The van der Waals surface area contributed by atoms with Crippen LogP contribution in [0.15, 0.2) is 63.6 Å². The van der Waals surface area contributed by atoms with Gasteiger partial charge in [0, 0.05) is 22.7 Å². The van der Waals surface area contributed by atoms with E-state index in [2.05, 4.69) is 15.5 Å². The van der Waals surface area contributed by atoms with Gasteiger partial charge < -0.3 is 0 Å². The van der Waals surface area contributed by atoms with Gasteiger partial charge in [0.05, 0.1) is 16.0 Å². The molecule has 1 N–H and O–H groups in total. The quantitative estimate of drug-likeness (QED) is 0.373. The van der Waals surface area contributed by atoms with Crippen LogP contribution in [0.2, 0.25) is 5.02 Å². The number of nitrogens with zero attached hydrogens (tertiary/aromatic N) is 3. The molecular weight excluding hydrogens is 376 g/mol. The third kappa shape index (κ3) is 4.56. The number of carbonyl (C=O) groups excluding carboxylic acids is 1. The monoisotopic (exact) mass is 386 g/mol. The first-order valence-corrected chi connectivity index (χ1v) is 8.53. The molecule has 7 nitrogen and oxygen atoms in total. The first-order valence-electron chi connectivity index (χ1n) is 7.33. The summed E-state index contributed by atoms with van der Waals surface area (Å²) < 4.78 is 0. The van der Waals surface area contributed by atoms with Crippen LogP contribution < -0.4 is 5.32 Å². The van der Waals surface area contributed by atoms with Gasteiger partial charge in [-0.05, 0) is 35.5 Å². The highest BCUT2D eigenvalue weighted by molar-refractivity contribution is 8.18. The van der Waals surface area contributed by atoms with Crippen LogP contribution in [0.4, 0.5) is 5.69 Å². The summed E-state index contributed by atoms with van der Waals surface area (Å²) in [6, 6.07) is 13.1. The number of rotatable bonds is 4. The zero-order valence-corrected chi connectivity index (χ0v) is 14.7. The highest BCUT2D eigenvalue weighted by atomic mass is 35.5. The number of nitro benzene ring substituents is 1. The molecule has 2 aromatic carbocycles. The lowest BCUT2D eigenvalue weighted by molar-refractivity contribution is -0.384. The number of amides is 1. The second kappa shape index (κ2) is 7.94. The van der Waals surface area contributed by atoms with E-state index in [4.69, 9.17) is 11.6 Å². The molecule has 1 aliphatic rings. The lowest BCUT2D eigenvalue weighted by Gasteiger charge is -1.94. The molecule has 0 aliphatic carbocycles. The van der Waals surface area contributed by atoms with Crippen LogP contribution in [0.3, 0.4) is 0 Å².